The van der Waals surface area contributed by atoms with E-state index in [1.807, 2.05) is 0 Å². The Hall–Kier alpha value is -2.35. The van der Waals surface area contributed by atoms with Gasteiger partial charge in [0.1, 0.15) is 11.6 Å². The van der Waals surface area contributed by atoms with Crippen LogP contribution in [0.3, 0.4) is 0 Å². The number of thiazole rings is 1. The number of carbonyl (C=O) groups excluding carboxylic acids is 1. The van der Waals surface area contributed by atoms with E-state index in [1.54, 1.807) is 17.5 Å². The normalized spacial score (nSPS) is 10.6. The number of ether oxygens (including phenoxy) is 1. The molecule has 26 heavy (non-hydrogen) atoms. The van der Waals surface area contributed by atoms with Gasteiger partial charge >= 0.3 is 4.87 Å². The van der Waals surface area contributed by atoms with Crippen molar-refractivity contribution in [1.82, 2.24) is 4.68 Å². The monoisotopic (exact) mass is 412 g/mol. The molecular formula is C17H11Cl2FN2O3S. The highest BCUT2D eigenvalue weighted by atomic mass is 35.5. The lowest BCUT2D eigenvalue weighted by molar-refractivity contribution is -0.119. The molecular weight excluding hydrogens is 402 g/mol. The second-order valence-corrected chi connectivity index (χ2v) is 6.79. The predicted octanol–water partition coefficient (Wildman–Crippen LogP) is 4.17. The number of aromatic nitrogens is 1. The van der Waals surface area contributed by atoms with Crippen LogP contribution >= 0.6 is 34.5 Å². The number of rotatable bonds is 5. The third kappa shape index (κ3) is 4.24. The van der Waals surface area contributed by atoms with E-state index in [4.69, 9.17) is 27.9 Å². The number of carbonyl (C=O) groups is 1. The fraction of sp³-hybridized carbons (Fsp3) is 0.0588. The first kappa shape index (κ1) is 18.4. The lowest BCUT2D eigenvalue weighted by atomic mass is 10.2. The zero-order chi connectivity index (χ0) is 18.7. The van der Waals surface area contributed by atoms with Crippen molar-refractivity contribution < 1.29 is 13.9 Å². The number of amides is 1. The summed E-state index contributed by atoms with van der Waals surface area (Å²) in [5, 5.41) is 2.29. The summed E-state index contributed by atoms with van der Waals surface area (Å²) >= 11 is 12.7. The first-order valence-corrected chi connectivity index (χ1v) is 8.92. The lowest BCUT2D eigenvalue weighted by Crippen LogP contribution is -2.33. The van der Waals surface area contributed by atoms with Gasteiger partial charge in [-0.3, -0.25) is 15.0 Å². The number of nitrogens with one attached hydrogen (secondary N) is 1. The molecule has 0 fully saturated rings. The molecule has 0 aliphatic carbocycles. The molecule has 0 atom stereocenters. The molecule has 0 saturated carbocycles. The van der Waals surface area contributed by atoms with E-state index in [0.29, 0.717) is 22.0 Å². The van der Waals surface area contributed by atoms with Crippen LogP contribution in [0.4, 0.5) is 4.39 Å². The highest BCUT2D eigenvalue weighted by molar-refractivity contribution is 7.07. The molecule has 1 amide bonds. The van der Waals surface area contributed by atoms with Crippen molar-refractivity contribution >= 4 is 40.4 Å². The van der Waals surface area contributed by atoms with E-state index in [9.17, 15) is 14.0 Å². The fourth-order valence-electron chi connectivity index (χ4n) is 2.13. The van der Waals surface area contributed by atoms with Gasteiger partial charge in [-0.1, -0.05) is 34.5 Å². The molecule has 2 aromatic carbocycles. The zero-order valence-electron chi connectivity index (χ0n) is 13.0. The number of benzene rings is 2. The van der Waals surface area contributed by atoms with E-state index in [-0.39, 0.29) is 16.5 Å². The molecule has 0 spiro atoms. The fourth-order valence-corrected chi connectivity index (χ4v) is 3.29. The standard InChI is InChI=1S/C17H11Cl2FN2O3S/c18-11-3-6-15(13(19)7-11)25-8-16(23)21-22-14(9-26-17(22)24)10-1-4-12(20)5-2-10/h1-7,9H,8H2,(H,21,23). The largest absolute Gasteiger partial charge is 0.482 e. The highest BCUT2D eigenvalue weighted by Gasteiger charge is 2.13. The van der Waals surface area contributed by atoms with E-state index in [0.717, 1.165) is 16.0 Å². The molecule has 134 valence electrons. The van der Waals surface area contributed by atoms with Crippen molar-refractivity contribution in [2.45, 2.75) is 0 Å². The number of hydrogen-bond acceptors (Lipinski definition) is 4. The average molecular weight is 413 g/mol. The summed E-state index contributed by atoms with van der Waals surface area (Å²) in [6.07, 6.45) is 0. The van der Waals surface area contributed by atoms with Crippen LogP contribution in [0, 0.1) is 5.82 Å². The van der Waals surface area contributed by atoms with E-state index in [2.05, 4.69) is 5.43 Å². The van der Waals surface area contributed by atoms with Gasteiger partial charge in [0, 0.05) is 16.0 Å². The summed E-state index contributed by atoms with van der Waals surface area (Å²) in [5.41, 5.74) is 3.49. The lowest BCUT2D eigenvalue weighted by Gasteiger charge is -2.11. The number of nitrogens with zero attached hydrogens (tertiary/aromatic N) is 1. The number of hydrogen-bond donors (Lipinski definition) is 1. The Labute approximate surface area is 161 Å². The molecule has 1 aromatic heterocycles. The van der Waals surface area contributed by atoms with Gasteiger partial charge in [-0.15, -0.1) is 0 Å². The quantitative estimate of drug-likeness (QED) is 0.683. The summed E-state index contributed by atoms with van der Waals surface area (Å²) < 4.78 is 19.5. The Bertz CT molecular complexity index is 1000. The second-order valence-electron chi connectivity index (χ2n) is 5.13. The first-order valence-electron chi connectivity index (χ1n) is 7.28. The second kappa shape index (κ2) is 7.90. The SMILES string of the molecule is O=C(COc1ccc(Cl)cc1Cl)Nn1c(-c2ccc(F)cc2)csc1=O. The van der Waals surface area contributed by atoms with Crippen LogP contribution in [0.1, 0.15) is 0 Å². The molecule has 1 heterocycles. The molecule has 5 nitrogen and oxygen atoms in total. The van der Waals surface area contributed by atoms with E-state index in [1.165, 1.54) is 30.3 Å². The summed E-state index contributed by atoms with van der Waals surface area (Å²) in [6, 6.07) is 10.2. The van der Waals surface area contributed by atoms with Crippen LogP contribution in [0.2, 0.25) is 10.0 Å². The summed E-state index contributed by atoms with van der Waals surface area (Å²) in [5.74, 6) is -0.655. The Morgan fingerprint density at radius 2 is 1.92 bits per heavy atom. The molecule has 3 rings (SSSR count). The third-order valence-electron chi connectivity index (χ3n) is 3.32. The van der Waals surface area contributed by atoms with Crippen LogP contribution in [0.25, 0.3) is 11.3 Å². The van der Waals surface area contributed by atoms with E-state index >= 15 is 0 Å². The average Bonchev–Trinajstić information content (AvgIpc) is 2.95. The Morgan fingerprint density at radius 1 is 1.19 bits per heavy atom. The van der Waals surface area contributed by atoms with Gasteiger partial charge in [0.05, 0.1) is 10.7 Å². The van der Waals surface area contributed by atoms with Gasteiger partial charge in [0.25, 0.3) is 5.91 Å². The molecule has 0 bridgehead atoms. The van der Waals surface area contributed by atoms with E-state index < -0.39 is 11.7 Å². The predicted molar refractivity (Wildman–Crippen MR) is 100 cm³/mol. The van der Waals surface area contributed by atoms with Crippen LogP contribution in [0.15, 0.2) is 52.6 Å². The molecule has 1 N–H and O–H groups in total. The van der Waals surface area contributed by atoms with Gasteiger partial charge in [0.2, 0.25) is 0 Å². The minimum absolute atomic E-state index is 0.269. The van der Waals surface area contributed by atoms with Crippen LogP contribution in [-0.2, 0) is 4.79 Å². The summed E-state index contributed by atoms with van der Waals surface area (Å²) in [4.78, 5) is 23.7. The van der Waals surface area contributed by atoms with Crippen molar-refractivity contribution in [2.75, 3.05) is 12.0 Å². The zero-order valence-corrected chi connectivity index (χ0v) is 15.4. The van der Waals surface area contributed by atoms with Gasteiger partial charge in [-0.25, -0.2) is 9.07 Å². The van der Waals surface area contributed by atoms with Gasteiger partial charge in [0.15, 0.2) is 6.61 Å². The Morgan fingerprint density at radius 3 is 2.62 bits per heavy atom. The third-order valence-corrected chi connectivity index (χ3v) is 4.58. The maximum absolute atomic E-state index is 13.1. The smallest absolute Gasteiger partial charge is 0.326 e. The van der Waals surface area contributed by atoms with Crippen molar-refractivity contribution in [3.8, 4) is 17.0 Å². The first-order chi connectivity index (χ1) is 12.4. The van der Waals surface area contributed by atoms with Crippen LogP contribution < -0.4 is 15.0 Å². The molecule has 9 heteroatoms. The molecule has 0 aliphatic heterocycles. The molecule has 0 unspecified atom stereocenters. The van der Waals surface area contributed by atoms with Crippen molar-refractivity contribution in [1.29, 1.82) is 0 Å². The Kier molecular flexibility index (Phi) is 5.61. The van der Waals surface area contributed by atoms with Gasteiger partial charge < -0.3 is 4.74 Å². The van der Waals surface area contributed by atoms with Crippen molar-refractivity contribution in [3.05, 3.63) is 73.4 Å². The molecule has 3 aromatic rings. The van der Waals surface area contributed by atoms with Crippen LogP contribution in [-0.4, -0.2) is 17.2 Å². The molecule has 0 saturated heterocycles. The maximum atomic E-state index is 13.1. The molecule has 0 aliphatic rings. The number of halogens is 3. The summed E-state index contributed by atoms with van der Waals surface area (Å²) in [6.45, 7) is -0.355. The topological polar surface area (TPSA) is 60.3 Å². The van der Waals surface area contributed by atoms with Crippen molar-refractivity contribution in [2.24, 2.45) is 0 Å². The maximum Gasteiger partial charge on any atom is 0.326 e. The van der Waals surface area contributed by atoms with Crippen LogP contribution in [0.5, 0.6) is 5.75 Å². The van der Waals surface area contributed by atoms with Gasteiger partial charge in [-0.05, 0) is 42.5 Å². The Balaban J connectivity index is 1.72. The van der Waals surface area contributed by atoms with Gasteiger partial charge in [-0.2, -0.15) is 0 Å². The van der Waals surface area contributed by atoms with Crippen molar-refractivity contribution in [3.63, 3.8) is 0 Å². The minimum atomic E-state index is -0.556. The minimum Gasteiger partial charge on any atom is -0.482 e. The molecule has 0 radical (unpaired) electrons. The highest BCUT2D eigenvalue weighted by Crippen LogP contribution is 2.27. The summed E-state index contributed by atoms with van der Waals surface area (Å²) in [7, 11) is 0.